The third-order valence-corrected chi connectivity index (χ3v) is 5.18. The number of furan rings is 1. The van der Waals surface area contributed by atoms with Gasteiger partial charge in [-0.1, -0.05) is 35.2 Å². The highest BCUT2D eigenvalue weighted by molar-refractivity contribution is 7.99. The van der Waals surface area contributed by atoms with E-state index in [1.54, 1.807) is 12.3 Å². The van der Waals surface area contributed by atoms with Gasteiger partial charge in [0, 0.05) is 0 Å². The van der Waals surface area contributed by atoms with E-state index in [-0.39, 0.29) is 11.7 Å². The average molecular weight is 368 g/mol. The van der Waals surface area contributed by atoms with E-state index in [4.69, 9.17) is 4.42 Å². The van der Waals surface area contributed by atoms with Crippen LogP contribution < -0.4 is 5.32 Å². The van der Waals surface area contributed by atoms with Crippen LogP contribution in [0.1, 0.15) is 0 Å². The van der Waals surface area contributed by atoms with Gasteiger partial charge in [0.25, 0.3) is 0 Å². The summed E-state index contributed by atoms with van der Waals surface area (Å²) in [5.41, 5.74) is 1.54. The fraction of sp³-hybridized carbons (Fsp3) is 0.0588. The van der Waals surface area contributed by atoms with Crippen LogP contribution in [0.4, 0.5) is 5.13 Å². The van der Waals surface area contributed by atoms with E-state index < -0.39 is 0 Å². The number of nitrogens with zero attached hydrogens (tertiary/aromatic N) is 3. The number of carbonyl (C=O) groups excluding carboxylic acids is 1. The molecule has 25 heavy (non-hydrogen) atoms. The predicted octanol–water partition coefficient (Wildman–Crippen LogP) is 4.08. The maximum Gasteiger partial charge on any atom is 0.236 e. The monoisotopic (exact) mass is 368 g/mol. The summed E-state index contributed by atoms with van der Waals surface area (Å²) in [6.45, 7) is 0. The SMILES string of the molecule is O=C(CSc1ccc(-c2ccco2)nn1)Nc1nc2ccccc2s1. The predicted molar refractivity (Wildman–Crippen MR) is 98.7 cm³/mol. The van der Waals surface area contributed by atoms with E-state index in [9.17, 15) is 4.79 Å². The first-order chi connectivity index (χ1) is 12.3. The molecule has 0 saturated heterocycles. The number of amides is 1. The Kier molecular flexibility index (Phi) is 4.45. The number of thioether (sulfide) groups is 1. The zero-order chi connectivity index (χ0) is 17.1. The van der Waals surface area contributed by atoms with E-state index in [2.05, 4.69) is 20.5 Å². The lowest BCUT2D eigenvalue weighted by atomic mass is 10.3. The molecule has 4 rings (SSSR count). The molecular weight excluding hydrogens is 356 g/mol. The van der Waals surface area contributed by atoms with Crippen LogP contribution in [-0.2, 0) is 4.79 Å². The van der Waals surface area contributed by atoms with Crippen molar-refractivity contribution in [3.05, 3.63) is 54.8 Å². The van der Waals surface area contributed by atoms with Gasteiger partial charge in [-0.05, 0) is 36.4 Å². The molecule has 1 amide bonds. The number of fused-ring (bicyclic) bond motifs is 1. The van der Waals surface area contributed by atoms with E-state index in [0.717, 1.165) is 10.2 Å². The molecule has 0 aliphatic heterocycles. The van der Waals surface area contributed by atoms with Crippen LogP contribution in [0.15, 0.2) is 64.2 Å². The summed E-state index contributed by atoms with van der Waals surface area (Å²) in [6, 6.07) is 15.0. The van der Waals surface area contributed by atoms with Crippen molar-refractivity contribution in [3.8, 4) is 11.5 Å². The Morgan fingerprint density at radius 1 is 1.12 bits per heavy atom. The maximum absolute atomic E-state index is 12.1. The smallest absolute Gasteiger partial charge is 0.236 e. The molecule has 1 N–H and O–H groups in total. The lowest BCUT2D eigenvalue weighted by molar-refractivity contribution is -0.113. The maximum atomic E-state index is 12.1. The molecule has 0 saturated carbocycles. The molecule has 0 atom stereocenters. The molecule has 0 fully saturated rings. The zero-order valence-corrected chi connectivity index (χ0v) is 14.5. The second kappa shape index (κ2) is 7.04. The van der Waals surface area contributed by atoms with Crippen LogP contribution in [0.2, 0.25) is 0 Å². The van der Waals surface area contributed by atoms with Gasteiger partial charge in [0.2, 0.25) is 5.91 Å². The van der Waals surface area contributed by atoms with Crippen molar-refractivity contribution in [3.63, 3.8) is 0 Å². The number of thiazole rings is 1. The van der Waals surface area contributed by atoms with Gasteiger partial charge in [-0.3, -0.25) is 4.79 Å². The van der Waals surface area contributed by atoms with Crippen LogP contribution in [-0.4, -0.2) is 26.8 Å². The molecule has 0 aliphatic carbocycles. The summed E-state index contributed by atoms with van der Waals surface area (Å²) in [5.74, 6) is 0.781. The first kappa shape index (κ1) is 15.8. The van der Waals surface area contributed by atoms with Crippen molar-refractivity contribution in [2.45, 2.75) is 5.03 Å². The Labute approximate surface area is 151 Å². The Morgan fingerprint density at radius 3 is 2.80 bits per heavy atom. The van der Waals surface area contributed by atoms with E-state index in [1.807, 2.05) is 42.5 Å². The Bertz CT molecular complexity index is 964. The van der Waals surface area contributed by atoms with Crippen LogP contribution >= 0.6 is 23.1 Å². The van der Waals surface area contributed by atoms with Crippen LogP contribution in [0, 0.1) is 0 Å². The van der Waals surface area contributed by atoms with Gasteiger partial charge in [-0.15, -0.1) is 10.2 Å². The normalized spacial score (nSPS) is 10.9. The minimum absolute atomic E-state index is 0.124. The Morgan fingerprint density at radius 2 is 2.04 bits per heavy atom. The number of para-hydroxylation sites is 1. The van der Waals surface area contributed by atoms with E-state index in [0.29, 0.717) is 21.6 Å². The van der Waals surface area contributed by atoms with Crippen molar-refractivity contribution < 1.29 is 9.21 Å². The molecule has 0 aliphatic rings. The van der Waals surface area contributed by atoms with Crippen molar-refractivity contribution in [1.82, 2.24) is 15.2 Å². The highest BCUT2D eigenvalue weighted by Gasteiger charge is 2.09. The first-order valence-corrected chi connectivity index (χ1v) is 9.24. The summed E-state index contributed by atoms with van der Waals surface area (Å²) in [7, 11) is 0. The first-order valence-electron chi connectivity index (χ1n) is 7.44. The molecule has 4 aromatic rings. The highest BCUT2D eigenvalue weighted by Crippen LogP contribution is 2.26. The minimum Gasteiger partial charge on any atom is -0.463 e. The molecular formula is C17H12N4O2S2. The number of anilines is 1. The Balaban J connectivity index is 1.35. The fourth-order valence-electron chi connectivity index (χ4n) is 2.17. The number of hydrogen-bond donors (Lipinski definition) is 1. The largest absolute Gasteiger partial charge is 0.463 e. The number of aromatic nitrogens is 3. The third-order valence-electron chi connectivity index (χ3n) is 3.31. The molecule has 6 nitrogen and oxygen atoms in total. The van der Waals surface area contributed by atoms with Crippen LogP contribution in [0.3, 0.4) is 0 Å². The average Bonchev–Trinajstić information content (AvgIpc) is 3.29. The van der Waals surface area contributed by atoms with Gasteiger partial charge in [0.1, 0.15) is 10.7 Å². The van der Waals surface area contributed by atoms with Gasteiger partial charge >= 0.3 is 0 Å². The number of benzene rings is 1. The number of carbonyl (C=O) groups is 1. The lowest BCUT2D eigenvalue weighted by Crippen LogP contribution is -2.13. The summed E-state index contributed by atoms with van der Waals surface area (Å²) >= 11 is 2.78. The summed E-state index contributed by atoms with van der Waals surface area (Å²) < 4.78 is 6.32. The molecule has 0 spiro atoms. The quantitative estimate of drug-likeness (QED) is 0.535. The summed E-state index contributed by atoms with van der Waals surface area (Å²) in [4.78, 5) is 16.5. The molecule has 8 heteroatoms. The number of hydrogen-bond acceptors (Lipinski definition) is 7. The van der Waals surface area contributed by atoms with Crippen molar-refractivity contribution in [1.29, 1.82) is 0 Å². The number of rotatable bonds is 5. The third kappa shape index (κ3) is 3.70. The van der Waals surface area contributed by atoms with Gasteiger partial charge in [-0.25, -0.2) is 4.98 Å². The molecule has 0 radical (unpaired) electrons. The molecule has 0 bridgehead atoms. The minimum atomic E-state index is -0.124. The summed E-state index contributed by atoms with van der Waals surface area (Å²) in [6.07, 6.45) is 1.59. The van der Waals surface area contributed by atoms with Crippen LogP contribution in [0.5, 0.6) is 0 Å². The van der Waals surface area contributed by atoms with Gasteiger partial charge in [-0.2, -0.15) is 0 Å². The molecule has 3 aromatic heterocycles. The highest BCUT2D eigenvalue weighted by atomic mass is 32.2. The second-order valence-electron chi connectivity index (χ2n) is 5.06. The lowest BCUT2D eigenvalue weighted by Gasteiger charge is -2.01. The van der Waals surface area contributed by atoms with Crippen LogP contribution in [0.25, 0.3) is 21.7 Å². The van der Waals surface area contributed by atoms with Crippen molar-refractivity contribution >= 4 is 44.4 Å². The molecule has 1 aromatic carbocycles. The van der Waals surface area contributed by atoms with Gasteiger partial charge < -0.3 is 9.73 Å². The van der Waals surface area contributed by atoms with Crippen molar-refractivity contribution in [2.24, 2.45) is 0 Å². The molecule has 0 unspecified atom stereocenters. The van der Waals surface area contributed by atoms with Crippen molar-refractivity contribution in [2.75, 3.05) is 11.1 Å². The Hall–Kier alpha value is -2.71. The van der Waals surface area contributed by atoms with E-state index >= 15 is 0 Å². The van der Waals surface area contributed by atoms with Gasteiger partial charge in [0.05, 0.1) is 22.2 Å². The molecule has 124 valence electrons. The number of nitrogens with one attached hydrogen (secondary N) is 1. The second-order valence-corrected chi connectivity index (χ2v) is 7.08. The van der Waals surface area contributed by atoms with Gasteiger partial charge in [0.15, 0.2) is 10.9 Å². The topological polar surface area (TPSA) is 80.9 Å². The summed E-state index contributed by atoms with van der Waals surface area (Å²) in [5, 5.41) is 12.3. The zero-order valence-electron chi connectivity index (χ0n) is 12.9. The fourth-order valence-corrected chi connectivity index (χ4v) is 3.67. The molecule has 3 heterocycles. The standard InChI is InChI=1S/C17H12N4O2S2/c22-15(19-17-18-12-4-1-2-6-14(12)25-17)10-24-16-8-7-11(20-21-16)13-5-3-9-23-13/h1-9H,10H2,(H,18,19,22). The van der Waals surface area contributed by atoms with E-state index in [1.165, 1.54) is 23.1 Å².